The number of hydrogen-bond acceptors (Lipinski definition) is 1. The molecule has 0 unspecified atom stereocenters. The van der Waals surface area contributed by atoms with Gasteiger partial charge in [0.15, 0.2) is 0 Å². The van der Waals surface area contributed by atoms with Crippen LogP contribution in [0.2, 0.25) is 0 Å². The molecule has 2 rings (SSSR count). The van der Waals surface area contributed by atoms with Gasteiger partial charge < -0.3 is 10.3 Å². The van der Waals surface area contributed by atoms with E-state index in [4.69, 9.17) is 5.73 Å². The van der Waals surface area contributed by atoms with Crippen LogP contribution in [-0.2, 0) is 0 Å². The van der Waals surface area contributed by atoms with Crippen LogP contribution in [0.3, 0.4) is 0 Å². The number of hydrogen-bond donors (Lipinski definition) is 1. The second-order valence-corrected chi connectivity index (χ2v) is 3.92. The molecule has 2 aromatic rings. The van der Waals surface area contributed by atoms with Crippen molar-refractivity contribution in [1.82, 2.24) is 4.57 Å². The van der Waals surface area contributed by atoms with E-state index < -0.39 is 0 Å². The van der Waals surface area contributed by atoms with E-state index >= 15 is 0 Å². The molecule has 0 atom stereocenters. The summed E-state index contributed by atoms with van der Waals surface area (Å²) in [7, 11) is 0. The van der Waals surface area contributed by atoms with Crippen LogP contribution in [0.15, 0.2) is 30.5 Å². The van der Waals surface area contributed by atoms with Crippen molar-refractivity contribution in [3.63, 3.8) is 0 Å². The lowest BCUT2D eigenvalue weighted by Gasteiger charge is -2.09. The van der Waals surface area contributed by atoms with Crippen LogP contribution >= 0.6 is 0 Å². The molecule has 0 saturated carbocycles. The zero-order valence-electron chi connectivity index (χ0n) is 8.90. The number of nitrogens with zero attached hydrogens (tertiary/aromatic N) is 1. The van der Waals surface area contributed by atoms with Gasteiger partial charge in [0, 0.05) is 28.7 Å². The summed E-state index contributed by atoms with van der Waals surface area (Å²) in [5.41, 5.74) is 6.96. The van der Waals surface area contributed by atoms with E-state index in [1.165, 1.54) is 0 Å². The summed E-state index contributed by atoms with van der Waals surface area (Å²) in [6, 6.07) is 7.94. The SMILES string of the molecule is CC(C)n1ccc2c(C(N)=O)cccc21. The number of amides is 1. The Balaban J connectivity index is 2.74. The van der Waals surface area contributed by atoms with Gasteiger partial charge in [-0.25, -0.2) is 0 Å². The predicted octanol–water partition coefficient (Wildman–Crippen LogP) is 2.32. The van der Waals surface area contributed by atoms with E-state index in [1.54, 1.807) is 6.07 Å². The van der Waals surface area contributed by atoms with Gasteiger partial charge in [-0.05, 0) is 32.0 Å². The molecule has 15 heavy (non-hydrogen) atoms. The van der Waals surface area contributed by atoms with Crippen LogP contribution in [0.1, 0.15) is 30.2 Å². The third-order valence-corrected chi connectivity index (χ3v) is 2.58. The molecule has 2 N–H and O–H groups in total. The van der Waals surface area contributed by atoms with Crippen LogP contribution in [0.4, 0.5) is 0 Å². The fourth-order valence-corrected chi connectivity index (χ4v) is 1.85. The molecular weight excluding hydrogens is 188 g/mol. The highest BCUT2D eigenvalue weighted by Crippen LogP contribution is 2.22. The minimum atomic E-state index is -0.373. The second-order valence-electron chi connectivity index (χ2n) is 3.92. The monoisotopic (exact) mass is 202 g/mol. The minimum Gasteiger partial charge on any atom is -0.366 e. The minimum absolute atomic E-state index is 0.373. The van der Waals surface area contributed by atoms with Crippen LogP contribution in [0, 0.1) is 0 Å². The molecule has 78 valence electrons. The Labute approximate surface area is 88.5 Å². The molecule has 3 heteroatoms. The molecule has 3 nitrogen and oxygen atoms in total. The topological polar surface area (TPSA) is 48.0 Å². The summed E-state index contributed by atoms with van der Waals surface area (Å²) >= 11 is 0. The highest BCUT2D eigenvalue weighted by atomic mass is 16.1. The molecule has 1 aromatic carbocycles. The molecular formula is C12H14N2O. The maximum atomic E-state index is 11.2. The predicted molar refractivity (Wildman–Crippen MR) is 60.8 cm³/mol. The number of carbonyl (C=O) groups excluding carboxylic acids is 1. The molecule has 0 aliphatic carbocycles. The Bertz CT molecular complexity index is 511. The largest absolute Gasteiger partial charge is 0.366 e. The van der Waals surface area contributed by atoms with Crippen molar-refractivity contribution in [3.05, 3.63) is 36.0 Å². The lowest BCUT2D eigenvalue weighted by atomic mass is 10.1. The third kappa shape index (κ3) is 1.50. The smallest absolute Gasteiger partial charge is 0.249 e. The fraction of sp³-hybridized carbons (Fsp3) is 0.250. The molecule has 1 heterocycles. The highest BCUT2D eigenvalue weighted by molar-refractivity contribution is 6.05. The third-order valence-electron chi connectivity index (χ3n) is 2.58. The summed E-state index contributed by atoms with van der Waals surface area (Å²) in [6.45, 7) is 4.22. The van der Waals surface area contributed by atoms with Gasteiger partial charge in [0.2, 0.25) is 5.91 Å². The molecule has 1 aromatic heterocycles. The number of aromatic nitrogens is 1. The van der Waals surface area contributed by atoms with Crippen LogP contribution < -0.4 is 5.73 Å². The average Bonchev–Trinajstić information content (AvgIpc) is 2.59. The van der Waals surface area contributed by atoms with Gasteiger partial charge in [0.05, 0.1) is 0 Å². The molecule has 0 aliphatic heterocycles. The Morgan fingerprint density at radius 2 is 2.07 bits per heavy atom. The van der Waals surface area contributed by atoms with E-state index in [-0.39, 0.29) is 5.91 Å². The van der Waals surface area contributed by atoms with Gasteiger partial charge >= 0.3 is 0 Å². The zero-order chi connectivity index (χ0) is 11.0. The number of carbonyl (C=O) groups is 1. The first-order valence-corrected chi connectivity index (χ1v) is 5.00. The molecule has 0 saturated heterocycles. The van der Waals surface area contributed by atoms with Crippen molar-refractivity contribution in [2.24, 2.45) is 5.73 Å². The van der Waals surface area contributed by atoms with Crippen molar-refractivity contribution in [2.45, 2.75) is 19.9 Å². The molecule has 0 aliphatic rings. The van der Waals surface area contributed by atoms with Gasteiger partial charge in [-0.1, -0.05) is 6.07 Å². The molecule has 0 fully saturated rings. The van der Waals surface area contributed by atoms with Crippen molar-refractivity contribution >= 4 is 16.8 Å². The number of benzene rings is 1. The van der Waals surface area contributed by atoms with E-state index in [2.05, 4.69) is 18.4 Å². The highest BCUT2D eigenvalue weighted by Gasteiger charge is 2.10. The quantitative estimate of drug-likeness (QED) is 0.798. The Morgan fingerprint density at radius 3 is 2.67 bits per heavy atom. The summed E-state index contributed by atoms with van der Waals surface area (Å²) in [4.78, 5) is 11.2. The van der Waals surface area contributed by atoms with Crippen LogP contribution in [0.25, 0.3) is 10.9 Å². The Morgan fingerprint density at radius 1 is 1.33 bits per heavy atom. The van der Waals surface area contributed by atoms with Crippen LogP contribution in [-0.4, -0.2) is 10.5 Å². The molecule has 0 radical (unpaired) electrons. The average molecular weight is 202 g/mol. The normalized spacial score (nSPS) is 11.1. The van der Waals surface area contributed by atoms with E-state index in [0.717, 1.165) is 10.9 Å². The number of nitrogens with two attached hydrogens (primary N) is 1. The van der Waals surface area contributed by atoms with Crippen molar-refractivity contribution in [1.29, 1.82) is 0 Å². The maximum Gasteiger partial charge on any atom is 0.249 e. The van der Waals surface area contributed by atoms with Gasteiger partial charge in [0.1, 0.15) is 0 Å². The standard InChI is InChI=1S/C12H14N2O/c1-8(2)14-7-6-9-10(12(13)15)4-3-5-11(9)14/h3-8H,1-2H3,(H2,13,15). The number of rotatable bonds is 2. The maximum absolute atomic E-state index is 11.2. The summed E-state index contributed by atoms with van der Waals surface area (Å²) in [5, 5.41) is 0.929. The summed E-state index contributed by atoms with van der Waals surface area (Å²) in [5.74, 6) is -0.373. The lowest BCUT2D eigenvalue weighted by Crippen LogP contribution is -2.11. The molecule has 0 bridgehead atoms. The van der Waals surface area contributed by atoms with Crippen molar-refractivity contribution in [2.75, 3.05) is 0 Å². The fourth-order valence-electron chi connectivity index (χ4n) is 1.85. The van der Waals surface area contributed by atoms with E-state index in [0.29, 0.717) is 11.6 Å². The van der Waals surface area contributed by atoms with Gasteiger partial charge in [-0.2, -0.15) is 0 Å². The first-order chi connectivity index (χ1) is 7.11. The molecule has 1 amide bonds. The van der Waals surface area contributed by atoms with E-state index in [1.807, 2.05) is 24.4 Å². The summed E-state index contributed by atoms with van der Waals surface area (Å²) in [6.07, 6.45) is 1.99. The van der Waals surface area contributed by atoms with Gasteiger partial charge in [-0.3, -0.25) is 4.79 Å². The van der Waals surface area contributed by atoms with Gasteiger partial charge in [0.25, 0.3) is 0 Å². The second kappa shape index (κ2) is 3.42. The van der Waals surface area contributed by atoms with Crippen LogP contribution in [0.5, 0.6) is 0 Å². The first-order valence-electron chi connectivity index (χ1n) is 5.00. The number of primary amides is 1. The zero-order valence-corrected chi connectivity index (χ0v) is 8.90. The molecule has 0 spiro atoms. The Hall–Kier alpha value is -1.77. The summed E-state index contributed by atoms with van der Waals surface area (Å²) < 4.78 is 2.13. The Kier molecular flexibility index (Phi) is 2.23. The lowest BCUT2D eigenvalue weighted by molar-refractivity contribution is 0.100. The van der Waals surface area contributed by atoms with Gasteiger partial charge in [-0.15, -0.1) is 0 Å². The van der Waals surface area contributed by atoms with E-state index in [9.17, 15) is 4.79 Å². The van der Waals surface area contributed by atoms with Crippen molar-refractivity contribution in [3.8, 4) is 0 Å². The number of fused-ring (bicyclic) bond motifs is 1. The first kappa shape index (κ1) is 9.77. The van der Waals surface area contributed by atoms with Crippen molar-refractivity contribution < 1.29 is 4.79 Å².